The lowest BCUT2D eigenvalue weighted by molar-refractivity contribution is -0.384. The van der Waals surface area contributed by atoms with Gasteiger partial charge in [0, 0.05) is 65.0 Å². The number of β-amino-alcohol motifs (C(OH)–C–C–N with tert-alkyl or cyclic N) is 1. The third-order valence-electron chi connectivity index (χ3n) is 6.19. The third-order valence-corrected chi connectivity index (χ3v) is 6.19. The zero-order valence-electron chi connectivity index (χ0n) is 18.5. The van der Waals surface area contributed by atoms with E-state index in [1.807, 2.05) is 17.0 Å². The summed E-state index contributed by atoms with van der Waals surface area (Å²) in [6, 6.07) is 6.44. The number of benzene rings is 1. The molecule has 2 aliphatic rings. The highest BCUT2D eigenvalue weighted by atomic mass is 19.4. The highest BCUT2D eigenvalue weighted by Crippen LogP contribution is 2.37. The standard InChI is InChI=1S/C21H26F3N7O3/c22-21(23,24)16-1-2-17(18(15-16)31(33)34)28-9-11-30(12-10-28)20-4-3-19(25-26-20)29-7-5-27(6-8-29)13-14-32/h1-4,15,32H,5-14H2. The molecule has 0 amide bonds. The van der Waals surface area contributed by atoms with Gasteiger partial charge in [0.25, 0.3) is 5.69 Å². The van der Waals surface area contributed by atoms with Crippen LogP contribution in [0, 0.1) is 10.1 Å². The summed E-state index contributed by atoms with van der Waals surface area (Å²) in [7, 11) is 0. The predicted molar refractivity (Wildman–Crippen MR) is 120 cm³/mol. The molecular weight excluding hydrogens is 455 g/mol. The maximum absolute atomic E-state index is 13.0. The molecule has 1 N–H and O–H groups in total. The van der Waals surface area contributed by atoms with Crippen molar-refractivity contribution in [3.63, 3.8) is 0 Å². The molecule has 34 heavy (non-hydrogen) atoms. The molecule has 0 bridgehead atoms. The average molecular weight is 481 g/mol. The van der Waals surface area contributed by atoms with Gasteiger partial charge in [-0.3, -0.25) is 15.0 Å². The van der Waals surface area contributed by atoms with E-state index in [4.69, 9.17) is 5.11 Å². The number of nitro benzene ring substituents is 1. The normalized spacial score (nSPS) is 17.8. The molecule has 0 aliphatic carbocycles. The second kappa shape index (κ2) is 9.97. The van der Waals surface area contributed by atoms with Gasteiger partial charge in [-0.25, -0.2) is 0 Å². The van der Waals surface area contributed by atoms with Crippen molar-refractivity contribution in [3.05, 3.63) is 46.0 Å². The summed E-state index contributed by atoms with van der Waals surface area (Å²) in [6.07, 6.45) is -4.64. The van der Waals surface area contributed by atoms with E-state index in [9.17, 15) is 23.3 Å². The van der Waals surface area contributed by atoms with E-state index in [1.165, 1.54) is 6.07 Å². The number of hydrogen-bond donors (Lipinski definition) is 1. The van der Waals surface area contributed by atoms with Crippen LogP contribution in [0.4, 0.5) is 36.2 Å². The van der Waals surface area contributed by atoms with Crippen LogP contribution in [0.1, 0.15) is 5.56 Å². The summed E-state index contributed by atoms with van der Waals surface area (Å²) >= 11 is 0. The van der Waals surface area contributed by atoms with Gasteiger partial charge in [0.15, 0.2) is 11.6 Å². The summed E-state index contributed by atoms with van der Waals surface area (Å²) in [5.41, 5.74) is -1.40. The molecule has 2 saturated heterocycles. The van der Waals surface area contributed by atoms with Crippen molar-refractivity contribution in [3.8, 4) is 0 Å². The maximum atomic E-state index is 13.0. The van der Waals surface area contributed by atoms with Gasteiger partial charge in [-0.2, -0.15) is 13.2 Å². The van der Waals surface area contributed by atoms with Crippen molar-refractivity contribution < 1.29 is 23.2 Å². The molecule has 184 valence electrons. The Morgan fingerprint density at radius 2 is 1.41 bits per heavy atom. The van der Waals surface area contributed by atoms with Gasteiger partial charge >= 0.3 is 6.18 Å². The number of nitrogens with zero attached hydrogens (tertiary/aromatic N) is 7. The number of anilines is 3. The Bertz CT molecular complexity index is 990. The number of aliphatic hydroxyl groups excluding tert-OH is 1. The van der Waals surface area contributed by atoms with Gasteiger partial charge in [-0.05, 0) is 24.3 Å². The summed E-state index contributed by atoms with van der Waals surface area (Å²) in [6.45, 7) is 5.94. The number of nitro groups is 1. The monoisotopic (exact) mass is 481 g/mol. The van der Waals surface area contributed by atoms with E-state index in [1.54, 1.807) is 4.90 Å². The number of piperazine rings is 2. The smallest absolute Gasteiger partial charge is 0.395 e. The Hall–Kier alpha value is -3.19. The predicted octanol–water partition coefficient (Wildman–Crippen LogP) is 1.84. The molecule has 2 aliphatic heterocycles. The first-order valence-corrected chi connectivity index (χ1v) is 11.0. The number of rotatable bonds is 6. The minimum atomic E-state index is -4.64. The van der Waals surface area contributed by atoms with Crippen LogP contribution in [0.5, 0.6) is 0 Å². The van der Waals surface area contributed by atoms with E-state index < -0.39 is 22.4 Å². The van der Waals surface area contributed by atoms with E-state index in [0.29, 0.717) is 44.6 Å². The molecule has 1 aromatic carbocycles. The van der Waals surface area contributed by atoms with Crippen molar-refractivity contribution in [1.82, 2.24) is 15.1 Å². The van der Waals surface area contributed by atoms with Gasteiger partial charge in [0.1, 0.15) is 5.69 Å². The molecule has 0 unspecified atom stereocenters. The van der Waals surface area contributed by atoms with E-state index in [2.05, 4.69) is 20.0 Å². The first-order valence-electron chi connectivity index (χ1n) is 11.0. The van der Waals surface area contributed by atoms with Crippen molar-refractivity contribution in [2.75, 3.05) is 80.2 Å². The fraction of sp³-hybridized carbons (Fsp3) is 0.524. The zero-order chi connectivity index (χ0) is 24.3. The van der Waals surface area contributed by atoms with Crippen LogP contribution in [0.2, 0.25) is 0 Å². The van der Waals surface area contributed by atoms with Gasteiger partial charge in [0.05, 0.1) is 17.1 Å². The molecule has 0 spiro atoms. The second-order valence-electron chi connectivity index (χ2n) is 8.23. The molecule has 2 fully saturated rings. The number of aliphatic hydroxyl groups is 1. The Balaban J connectivity index is 1.37. The average Bonchev–Trinajstić information content (AvgIpc) is 2.84. The maximum Gasteiger partial charge on any atom is 0.416 e. The third kappa shape index (κ3) is 5.30. The molecule has 0 atom stereocenters. The lowest BCUT2D eigenvalue weighted by Crippen LogP contribution is -2.48. The SMILES string of the molecule is O=[N+]([O-])c1cc(C(F)(F)F)ccc1N1CCN(c2ccc(N3CCN(CCO)CC3)nn2)CC1. The largest absolute Gasteiger partial charge is 0.416 e. The Kier molecular flexibility index (Phi) is 7.03. The summed E-state index contributed by atoms with van der Waals surface area (Å²) < 4.78 is 38.9. The Morgan fingerprint density at radius 3 is 1.88 bits per heavy atom. The quantitative estimate of drug-likeness (QED) is 0.489. The molecule has 4 rings (SSSR count). The van der Waals surface area contributed by atoms with Crippen molar-refractivity contribution >= 4 is 23.0 Å². The van der Waals surface area contributed by atoms with Crippen molar-refractivity contribution in [1.29, 1.82) is 0 Å². The van der Waals surface area contributed by atoms with Crippen molar-refractivity contribution in [2.24, 2.45) is 0 Å². The minimum Gasteiger partial charge on any atom is -0.395 e. The van der Waals surface area contributed by atoms with E-state index >= 15 is 0 Å². The second-order valence-corrected chi connectivity index (χ2v) is 8.23. The molecule has 1 aromatic heterocycles. The molecule has 3 heterocycles. The highest BCUT2D eigenvalue weighted by Gasteiger charge is 2.34. The molecule has 13 heteroatoms. The summed E-state index contributed by atoms with van der Waals surface area (Å²) in [4.78, 5) is 18.7. The molecule has 2 aromatic rings. The van der Waals surface area contributed by atoms with Crippen LogP contribution in [-0.4, -0.2) is 90.6 Å². The highest BCUT2D eigenvalue weighted by molar-refractivity contribution is 5.65. The van der Waals surface area contributed by atoms with Crippen LogP contribution < -0.4 is 14.7 Å². The lowest BCUT2D eigenvalue weighted by Gasteiger charge is -2.37. The zero-order valence-corrected chi connectivity index (χ0v) is 18.5. The first kappa shape index (κ1) is 24.0. The molecular formula is C21H26F3N7O3. The van der Waals surface area contributed by atoms with Crippen molar-refractivity contribution in [2.45, 2.75) is 6.18 Å². The molecule has 10 nitrogen and oxygen atoms in total. The van der Waals surface area contributed by atoms with Gasteiger partial charge in [-0.1, -0.05) is 0 Å². The van der Waals surface area contributed by atoms with Crippen LogP contribution in [0.15, 0.2) is 30.3 Å². The number of halogens is 3. The van der Waals surface area contributed by atoms with Crippen LogP contribution in [0.3, 0.4) is 0 Å². The van der Waals surface area contributed by atoms with Gasteiger partial charge < -0.3 is 19.8 Å². The summed E-state index contributed by atoms with van der Waals surface area (Å²) in [5.74, 6) is 1.47. The van der Waals surface area contributed by atoms with E-state index in [-0.39, 0.29) is 12.3 Å². The fourth-order valence-corrected chi connectivity index (χ4v) is 4.29. The van der Waals surface area contributed by atoms with Crippen LogP contribution in [-0.2, 0) is 6.18 Å². The summed E-state index contributed by atoms with van der Waals surface area (Å²) in [5, 5.41) is 29.2. The van der Waals surface area contributed by atoms with Crippen LogP contribution in [0.25, 0.3) is 0 Å². The molecule has 0 saturated carbocycles. The van der Waals surface area contributed by atoms with Crippen LogP contribution >= 0.6 is 0 Å². The first-order chi connectivity index (χ1) is 16.3. The van der Waals surface area contributed by atoms with E-state index in [0.717, 1.165) is 38.1 Å². The Morgan fingerprint density at radius 1 is 0.882 bits per heavy atom. The van der Waals surface area contributed by atoms with Gasteiger partial charge in [0.2, 0.25) is 0 Å². The number of aromatic nitrogens is 2. The molecule has 0 radical (unpaired) electrons. The lowest BCUT2D eigenvalue weighted by atomic mass is 10.1. The minimum absolute atomic E-state index is 0.147. The number of alkyl halides is 3. The van der Waals surface area contributed by atoms with Gasteiger partial charge in [-0.15, -0.1) is 10.2 Å². The topological polar surface area (TPSA) is 102 Å². The number of hydrogen-bond acceptors (Lipinski definition) is 9. The Labute approximate surface area is 194 Å². The fourth-order valence-electron chi connectivity index (χ4n) is 4.29.